The molecule has 4 bridgehead atoms. The highest BCUT2D eigenvalue weighted by Gasteiger charge is 2.71. The van der Waals surface area contributed by atoms with Crippen molar-refractivity contribution in [2.75, 3.05) is 0 Å². The Kier molecular flexibility index (Phi) is 3.51. The van der Waals surface area contributed by atoms with E-state index < -0.39 is 0 Å². The molecule has 4 unspecified atom stereocenters. The third-order valence-corrected chi connectivity index (χ3v) is 6.48. The number of carbonyl (C=O) groups excluding carboxylic acids is 2. The van der Waals surface area contributed by atoms with Gasteiger partial charge < -0.3 is 9.47 Å². The first kappa shape index (κ1) is 16.3. The zero-order chi connectivity index (χ0) is 17.2. The molecule has 0 spiro atoms. The van der Waals surface area contributed by atoms with Crippen molar-refractivity contribution in [2.45, 2.75) is 53.2 Å². The van der Waals surface area contributed by atoms with Crippen molar-refractivity contribution >= 4 is 11.9 Å². The fraction of sp³-hybridized carbons (Fsp3) is 0.684. The average Bonchev–Trinajstić information content (AvgIpc) is 2.51. The van der Waals surface area contributed by atoms with Crippen molar-refractivity contribution in [3.63, 3.8) is 0 Å². The van der Waals surface area contributed by atoms with Gasteiger partial charge in [-0.15, -0.1) is 0 Å². The van der Waals surface area contributed by atoms with Crippen LogP contribution in [0.1, 0.15) is 41.0 Å². The van der Waals surface area contributed by atoms with Gasteiger partial charge >= 0.3 is 11.9 Å². The number of carbonyl (C=O) groups is 2. The Morgan fingerprint density at radius 1 is 1.13 bits per heavy atom. The van der Waals surface area contributed by atoms with Crippen LogP contribution in [0.4, 0.5) is 0 Å². The van der Waals surface area contributed by atoms with E-state index in [9.17, 15) is 9.59 Å². The third kappa shape index (κ3) is 2.10. The van der Waals surface area contributed by atoms with Crippen molar-refractivity contribution in [1.29, 1.82) is 0 Å². The Labute approximate surface area is 137 Å². The Morgan fingerprint density at radius 2 is 1.70 bits per heavy atom. The summed E-state index contributed by atoms with van der Waals surface area (Å²) < 4.78 is 11.4. The Balaban J connectivity index is 2.07. The van der Waals surface area contributed by atoms with Gasteiger partial charge in [0.15, 0.2) is 0 Å². The maximum atomic E-state index is 11.7. The SMILES string of the molecule is C=C1C=CC2C3C1C2(C)[C@H](OC(C)=O)C[C@@H](OC(C)=O)C3(C)C. The zero-order valence-corrected chi connectivity index (χ0v) is 14.6. The predicted molar refractivity (Wildman–Crippen MR) is 86.4 cm³/mol. The number of hydrogen-bond donors (Lipinski definition) is 0. The molecule has 0 aromatic carbocycles. The van der Waals surface area contributed by atoms with Gasteiger partial charge in [0.1, 0.15) is 12.2 Å². The highest BCUT2D eigenvalue weighted by atomic mass is 16.6. The lowest BCUT2D eigenvalue weighted by atomic mass is 9.38. The number of allylic oxidation sites excluding steroid dienone is 3. The van der Waals surface area contributed by atoms with Crippen LogP contribution in [-0.2, 0) is 19.1 Å². The molecule has 0 amide bonds. The van der Waals surface area contributed by atoms with Gasteiger partial charge in [0.25, 0.3) is 0 Å². The van der Waals surface area contributed by atoms with Crippen molar-refractivity contribution in [3.8, 4) is 0 Å². The second kappa shape index (κ2) is 4.96. The molecule has 4 aliphatic rings. The van der Waals surface area contributed by atoms with E-state index >= 15 is 0 Å². The van der Waals surface area contributed by atoms with Gasteiger partial charge in [-0.1, -0.05) is 45.1 Å². The topological polar surface area (TPSA) is 52.6 Å². The van der Waals surface area contributed by atoms with Crippen LogP contribution in [0.25, 0.3) is 0 Å². The first-order valence-electron chi connectivity index (χ1n) is 8.31. The molecular weight excluding hydrogens is 292 g/mol. The summed E-state index contributed by atoms with van der Waals surface area (Å²) in [6, 6.07) is 0. The Bertz CT molecular complexity index is 602. The summed E-state index contributed by atoms with van der Waals surface area (Å²) in [6.45, 7) is 13.6. The van der Waals surface area contributed by atoms with Gasteiger partial charge in [0, 0.05) is 31.1 Å². The average molecular weight is 318 g/mol. The molecular formula is C19H26O4. The molecule has 2 fully saturated rings. The van der Waals surface area contributed by atoms with Gasteiger partial charge in [0.05, 0.1) is 0 Å². The van der Waals surface area contributed by atoms with Gasteiger partial charge in [-0.3, -0.25) is 9.59 Å². The van der Waals surface area contributed by atoms with Crippen molar-refractivity contribution in [3.05, 3.63) is 24.3 Å². The molecule has 23 heavy (non-hydrogen) atoms. The maximum absolute atomic E-state index is 11.7. The molecule has 0 radical (unpaired) electrons. The molecule has 126 valence electrons. The second-order valence-corrected chi connectivity index (χ2v) is 8.08. The van der Waals surface area contributed by atoms with E-state index in [0.717, 1.165) is 5.57 Å². The number of rotatable bonds is 2. The number of hydrogen-bond acceptors (Lipinski definition) is 4. The van der Waals surface area contributed by atoms with Crippen molar-refractivity contribution in [1.82, 2.24) is 0 Å². The molecule has 4 nitrogen and oxygen atoms in total. The molecule has 0 saturated heterocycles. The van der Waals surface area contributed by atoms with E-state index in [4.69, 9.17) is 9.47 Å². The summed E-state index contributed by atoms with van der Waals surface area (Å²) in [5.41, 5.74) is 0.742. The van der Waals surface area contributed by atoms with Gasteiger partial charge in [-0.25, -0.2) is 0 Å². The predicted octanol–water partition coefficient (Wildman–Crippen LogP) is 3.27. The largest absolute Gasteiger partial charge is 0.462 e. The molecule has 4 heteroatoms. The third-order valence-electron chi connectivity index (χ3n) is 6.48. The minimum atomic E-state index is -0.284. The minimum absolute atomic E-state index is 0.158. The van der Waals surface area contributed by atoms with Crippen LogP contribution in [0.3, 0.4) is 0 Å². The second-order valence-electron chi connectivity index (χ2n) is 8.08. The number of esters is 2. The summed E-state index contributed by atoms with van der Waals surface area (Å²) in [7, 11) is 0. The summed E-state index contributed by atoms with van der Waals surface area (Å²) in [4.78, 5) is 23.2. The van der Waals surface area contributed by atoms with E-state index in [2.05, 4.69) is 39.5 Å². The summed E-state index contributed by atoms with van der Waals surface area (Å²) >= 11 is 0. The maximum Gasteiger partial charge on any atom is 0.302 e. The highest BCUT2D eigenvalue weighted by Crippen LogP contribution is 2.72. The summed E-state index contributed by atoms with van der Waals surface area (Å²) in [5, 5.41) is 0. The van der Waals surface area contributed by atoms with Crippen LogP contribution < -0.4 is 0 Å². The molecule has 0 aromatic rings. The van der Waals surface area contributed by atoms with Crippen LogP contribution in [0.15, 0.2) is 24.3 Å². The quantitative estimate of drug-likeness (QED) is 0.733. The standard InChI is InChI=1S/C19H26O4/c1-10-7-8-13-17-16(10)19(13,6)15(23-12(3)21)9-14(18(17,4)5)22-11(2)20/h7-8,13-17H,1,9H2,2-6H3/t13?,14-,15-,16?,17?,19?/m1/s1. The van der Waals surface area contributed by atoms with Crippen LogP contribution >= 0.6 is 0 Å². The van der Waals surface area contributed by atoms with E-state index in [0.29, 0.717) is 18.3 Å². The first-order valence-corrected chi connectivity index (χ1v) is 8.31. The highest BCUT2D eigenvalue weighted by molar-refractivity contribution is 5.67. The lowest BCUT2D eigenvalue weighted by Gasteiger charge is -2.65. The summed E-state index contributed by atoms with van der Waals surface area (Å²) in [6.07, 6.45) is 4.33. The lowest BCUT2D eigenvalue weighted by Crippen LogP contribution is -2.64. The first-order chi connectivity index (χ1) is 10.6. The van der Waals surface area contributed by atoms with Crippen molar-refractivity contribution < 1.29 is 19.1 Å². The van der Waals surface area contributed by atoms with Crippen molar-refractivity contribution in [2.24, 2.45) is 28.6 Å². The van der Waals surface area contributed by atoms with Crippen LogP contribution in [0.5, 0.6) is 0 Å². The zero-order valence-electron chi connectivity index (χ0n) is 14.6. The number of ether oxygens (including phenoxy) is 2. The molecule has 0 aliphatic heterocycles. The molecule has 4 rings (SSSR count). The smallest absolute Gasteiger partial charge is 0.302 e. The van der Waals surface area contributed by atoms with Gasteiger partial charge in [-0.05, 0) is 17.8 Å². The molecule has 4 aliphatic carbocycles. The molecule has 0 heterocycles. The molecule has 6 atom stereocenters. The van der Waals surface area contributed by atoms with Gasteiger partial charge in [0.2, 0.25) is 0 Å². The monoisotopic (exact) mass is 318 g/mol. The number of fused-ring (bicyclic) bond motifs is 1. The molecule has 0 N–H and O–H groups in total. The van der Waals surface area contributed by atoms with E-state index in [1.807, 2.05) is 0 Å². The van der Waals surface area contributed by atoms with E-state index in [1.54, 1.807) is 0 Å². The minimum Gasteiger partial charge on any atom is -0.462 e. The Hall–Kier alpha value is -1.58. The Morgan fingerprint density at radius 3 is 2.22 bits per heavy atom. The normalized spacial score (nSPS) is 43.2. The van der Waals surface area contributed by atoms with E-state index in [-0.39, 0.29) is 40.9 Å². The van der Waals surface area contributed by atoms with Crippen LogP contribution in [0, 0.1) is 28.6 Å². The van der Waals surface area contributed by atoms with Crippen LogP contribution in [0.2, 0.25) is 0 Å². The fourth-order valence-corrected chi connectivity index (χ4v) is 5.41. The molecule has 2 saturated carbocycles. The van der Waals surface area contributed by atoms with Gasteiger partial charge in [-0.2, -0.15) is 0 Å². The lowest BCUT2D eigenvalue weighted by molar-refractivity contribution is -0.188. The van der Waals surface area contributed by atoms with Crippen LogP contribution in [-0.4, -0.2) is 24.1 Å². The molecule has 0 aromatic heterocycles. The fourth-order valence-electron chi connectivity index (χ4n) is 5.41. The summed E-state index contributed by atoms with van der Waals surface area (Å²) in [5.74, 6) is 0.368. The van der Waals surface area contributed by atoms with E-state index in [1.165, 1.54) is 13.8 Å².